The average Bonchev–Trinajstić information content (AvgIpc) is 3.36. The van der Waals surface area contributed by atoms with E-state index in [0.717, 1.165) is 63.8 Å². The molecule has 0 spiro atoms. The molecule has 2 aliphatic heterocycles. The fraction of sp³-hybridized carbons (Fsp3) is 0.423. The lowest BCUT2D eigenvalue weighted by Gasteiger charge is -2.37. The van der Waals surface area contributed by atoms with Crippen LogP contribution in [0.2, 0.25) is 0 Å². The summed E-state index contributed by atoms with van der Waals surface area (Å²) in [6, 6.07) is 20.5. The zero-order valence-electron chi connectivity index (χ0n) is 18.4. The van der Waals surface area contributed by atoms with Gasteiger partial charge in [0.15, 0.2) is 0 Å². The van der Waals surface area contributed by atoms with Crippen molar-refractivity contribution in [3.05, 3.63) is 66.2 Å². The van der Waals surface area contributed by atoms with E-state index in [9.17, 15) is 4.79 Å². The predicted molar refractivity (Wildman–Crippen MR) is 124 cm³/mol. The van der Waals surface area contributed by atoms with Crippen LogP contribution in [-0.2, 0) is 11.2 Å². The van der Waals surface area contributed by atoms with Crippen LogP contribution in [0.4, 0.5) is 5.95 Å². The van der Waals surface area contributed by atoms with Gasteiger partial charge < -0.3 is 14.3 Å². The Labute approximate surface area is 189 Å². The number of anilines is 1. The number of carbonyl (C=O) groups is 1. The van der Waals surface area contributed by atoms with Gasteiger partial charge >= 0.3 is 0 Å². The molecule has 32 heavy (non-hydrogen) atoms. The van der Waals surface area contributed by atoms with Gasteiger partial charge in [-0.2, -0.15) is 4.98 Å². The number of hydrogen-bond donors (Lipinski definition) is 0. The maximum Gasteiger partial charge on any atom is 0.266 e. The van der Waals surface area contributed by atoms with Crippen LogP contribution in [0.5, 0.6) is 0 Å². The van der Waals surface area contributed by atoms with Crippen LogP contribution in [-0.4, -0.2) is 47.1 Å². The Kier molecular flexibility index (Phi) is 6.19. The van der Waals surface area contributed by atoms with Crippen molar-refractivity contribution in [2.75, 3.05) is 31.1 Å². The normalized spacial score (nSPS) is 18.1. The molecule has 1 amide bonds. The minimum atomic E-state index is 0.109. The molecule has 0 atom stereocenters. The van der Waals surface area contributed by atoms with Gasteiger partial charge in [-0.05, 0) is 60.9 Å². The summed E-state index contributed by atoms with van der Waals surface area (Å²) in [5.41, 5.74) is 2.33. The van der Waals surface area contributed by atoms with Crippen LogP contribution in [0.25, 0.3) is 11.5 Å². The molecule has 0 radical (unpaired) electrons. The molecule has 0 saturated carbocycles. The standard InChI is InChI=1S/C26H30N4O2/c31-25(29-15-11-21(12-16-29)19-20-7-3-1-4-8-20)23-13-17-30(18-14-23)26-27-24(32-28-26)22-9-5-2-6-10-22/h1-10,21,23H,11-19H2. The van der Waals surface area contributed by atoms with Gasteiger partial charge in [-0.3, -0.25) is 4.79 Å². The van der Waals surface area contributed by atoms with Crippen LogP contribution >= 0.6 is 0 Å². The summed E-state index contributed by atoms with van der Waals surface area (Å²) in [7, 11) is 0. The van der Waals surface area contributed by atoms with Gasteiger partial charge in [0.1, 0.15) is 0 Å². The third-order valence-electron chi connectivity index (χ3n) is 6.86. The Balaban J connectivity index is 1.10. The van der Waals surface area contributed by atoms with Crippen LogP contribution in [0, 0.1) is 11.8 Å². The van der Waals surface area contributed by atoms with Crippen molar-refractivity contribution in [2.45, 2.75) is 32.1 Å². The third kappa shape index (κ3) is 4.69. The molecule has 2 aromatic carbocycles. The monoisotopic (exact) mass is 430 g/mol. The number of nitrogens with zero attached hydrogens (tertiary/aromatic N) is 4. The zero-order chi connectivity index (χ0) is 21.8. The molecule has 5 rings (SSSR count). The Bertz CT molecular complexity index is 1000. The Morgan fingerprint density at radius 3 is 2.22 bits per heavy atom. The number of carbonyl (C=O) groups excluding carboxylic acids is 1. The second-order valence-corrected chi connectivity index (χ2v) is 8.99. The van der Waals surface area contributed by atoms with Crippen molar-refractivity contribution in [3.8, 4) is 11.5 Å². The summed E-state index contributed by atoms with van der Waals surface area (Å²) in [6.45, 7) is 3.35. The Hall–Kier alpha value is -3.15. The molecule has 2 fully saturated rings. The molecule has 0 unspecified atom stereocenters. The molecule has 6 heteroatoms. The molecule has 166 valence electrons. The van der Waals surface area contributed by atoms with Gasteiger partial charge in [-0.1, -0.05) is 48.5 Å². The first-order valence-corrected chi connectivity index (χ1v) is 11.7. The van der Waals surface area contributed by atoms with Crippen molar-refractivity contribution < 1.29 is 9.32 Å². The highest BCUT2D eigenvalue weighted by atomic mass is 16.5. The number of likely N-dealkylation sites (tertiary alicyclic amines) is 1. The van der Waals surface area contributed by atoms with E-state index in [1.807, 2.05) is 30.3 Å². The van der Waals surface area contributed by atoms with Gasteiger partial charge in [-0.15, -0.1) is 0 Å². The van der Waals surface area contributed by atoms with E-state index in [2.05, 4.69) is 50.3 Å². The largest absolute Gasteiger partial charge is 0.342 e. The summed E-state index contributed by atoms with van der Waals surface area (Å²) >= 11 is 0. The maximum atomic E-state index is 13.1. The molecular weight excluding hydrogens is 400 g/mol. The third-order valence-corrected chi connectivity index (χ3v) is 6.86. The smallest absolute Gasteiger partial charge is 0.266 e. The maximum absolute atomic E-state index is 13.1. The molecule has 2 saturated heterocycles. The fourth-order valence-corrected chi connectivity index (χ4v) is 4.93. The molecule has 0 aliphatic carbocycles. The van der Waals surface area contributed by atoms with Crippen LogP contribution < -0.4 is 4.90 Å². The first-order chi connectivity index (χ1) is 15.8. The van der Waals surface area contributed by atoms with E-state index >= 15 is 0 Å². The van der Waals surface area contributed by atoms with Crippen molar-refractivity contribution >= 4 is 11.9 Å². The first kappa shape index (κ1) is 20.7. The van der Waals surface area contributed by atoms with Crippen LogP contribution in [0.1, 0.15) is 31.2 Å². The second-order valence-electron chi connectivity index (χ2n) is 8.99. The minimum Gasteiger partial charge on any atom is -0.342 e. The molecule has 0 N–H and O–H groups in total. The van der Waals surface area contributed by atoms with E-state index < -0.39 is 0 Å². The van der Waals surface area contributed by atoms with Crippen molar-refractivity contribution in [3.63, 3.8) is 0 Å². The number of aromatic nitrogens is 2. The first-order valence-electron chi connectivity index (χ1n) is 11.7. The van der Waals surface area contributed by atoms with E-state index in [-0.39, 0.29) is 5.92 Å². The molecular formula is C26H30N4O2. The predicted octanol–water partition coefficient (Wildman–Crippen LogP) is 4.43. The van der Waals surface area contributed by atoms with E-state index in [1.54, 1.807) is 0 Å². The second kappa shape index (κ2) is 9.55. The molecule has 0 bridgehead atoms. The van der Waals surface area contributed by atoms with E-state index in [1.165, 1.54) is 5.56 Å². The van der Waals surface area contributed by atoms with E-state index in [0.29, 0.717) is 23.7 Å². The summed E-state index contributed by atoms with van der Waals surface area (Å²) in [5, 5.41) is 4.16. The topological polar surface area (TPSA) is 62.5 Å². The fourth-order valence-electron chi connectivity index (χ4n) is 4.93. The summed E-state index contributed by atoms with van der Waals surface area (Å²) in [6.07, 6.45) is 5.02. The molecule has 3 aromatic rings. The SMILES string of the molecule is O=C(C1CCN(c2noc(-c3ccccc3)n2)CC1)N1CCC(Cc2ccccc2)CC1. The zero-order valence-corrected chi connectivity index (χ0v) is 18.4. The summed E-state index contributed by atoms with van der Waals surface area (Å²) in [4.78, 5) is 21.9. The number of benzene rings is 2. The average molecular weight is 431 g/mol. The van der Waals surface area contributed by atoms with Crippen molar-refractivity contribution in [1.29, 1.82) is 0 Å². The summed E-state index contributed by atoms with van der Waals surface area (Å²) < 4.78 is 5.45. The molecule has 1 aromatic heterocycles. The molecule has 6 nitrogen and oxygen atoms in total. The number of rotatable bonds is 5. The lowest BCUT2D eigenvalue weighted by Crippen LogP contribution is -2.45. The highest BCUT2D eigenvalue weighted by Crippen LogP contribution is 2.28. The van der Waals surface area contributed by atoms with Crippen molar-refractivity contribution in [2.24, 2.45) is 11.8 Å². The minimum absolute atomic E-state index is 0.109. The van der Waals surface area contributed by atoms with Gasteiger partial charge in [0.05, 0.1) is 0 Å². The van der Waals surface area contributed by atoms with Crippen LogP contribution in [0.3, 0.4) is 0 Å². The van der Waals surface area contributed by atoms with Gasteiger partial charge in [0, 0.05) is 37.7 Å². The molecule has 3 heterocycles. The number of amides is 1. The Morgan fingerprint density at radius 2 is 1.53 bits per heavy atom. The summed E-state index contributed by atoms with van der Waals surface area (Å²) in [5.74, 6) is 2.28. The molecule has 2 aliphatic rings. The lowest BCUT2D eigenvalue weighted by molar-refractivity contribution is -0.137. The highest BCUT2D eigenvalue weighted by molar-refractivity contribution is 5.79. The van der Waals surface area contributed by atoms with Crippen molar-refractivity contribution in [1.82, 2.24) is 15.0 Å². The van der Waals surface area contributed by atoms with Gasteiger partial charge in [0.2, 0.25) is 5.91 Å². The number of piperidine rings is 2. The van der Waals surface area contributed by atoms with Gasteiger partial charge in [0.25, 0.3) is 11.8 Å². The van der Waals surface area contributed by atoms with E-state index in [4.69, 9.17) is 4.52 Å². The van der Waals surface area contributed by atoms with Gasteiger partial charge in [-0.25, -0.2) is 0 Å². The quantitative estimate of drug-likeness (QED) is 0.599. The highest BCUT2D eigenvalue weighted by Gasteiger charge is 2.32. The lowest BCUT2D eigenvalue weighted by atomic mass is 9.88. The van der Waals surface area contributed by atoms with Crippen LogP contribution in [0.15, 0.2) is 65.2 Å². The number of hydrogen-bond acceptors (Lipinski definition) is 5. The Morgan fingerprint density at radius 1 is 0.875 bits per heavy atom.